The molecule has 0 fully saturated rings. The van der Waals surface area contributed by atoms with Gasteiger partial charge in [-0.05, 0) is 49.2 Å². The van der Waals surface area contributed by atoms with Crippen LogP contribution in [-0.2, 0) is 6.42 Å². The first-order valence-corrected chi connectivity index (χ1v) is 10.2. The first-order chi connectivity index (χ1) is 14.9. The molecule has 0 unspecified atom stereocenters. The number of nitrogens with zero attached hydrogens (tertiary/aromatic N) is 1. The van der Waals surface area contributed by atoms with Gasteiger partial charge < -0.3 is 20.9 Å². The smallest absolute Gasteiger partial charge is 0.323 e. The molecule has 6 nitrogen and oxygen atoms in total. The monoisotopic (exact) mass is 416 g/mol. The number of urea groups is 1. The molecule has 0 bridgehead atoms. The number of hydrogen-bond acceptors (Lipinski definition) is 3. The molecular formula is C25H28N4O2. The van der Waals surface area contributed by atoms with Gasteiger partial charge >= 0.3 is 6.03 Å². The van der Waals surface area contributed by atoms with Crippen molar-refractivity contribution >= 4 is 29.0 Å². The van der Waals surface area contributed by atoms with Crippen LogP contribution in [0.3, 0.4) is 0 Å². The first kappa shape index (κ1) is 21.9. The SMILES string of the molecule is Cc1ccc(NC(=O)Nc2ccc(N(C)C)c(C(=O)NCCc3ccccc3)c2)cc1. The summed E-state index contributed by atoms with van der Waals surface area (Å²) in [5, 5.41) is 8.57. The molecule has 3 aromatic carbocycles. The van der Waals surface area contributed by atoms with Crippen molar-refractivity contribution in [2.24, 2.45) is 0 Å². The molecule has 0 radical (unpaired) electrons. The van der Waals surface area contributed by atoms with E-state index >= 15 is 0 Å². The number of hydrogen-bond donors (Lipinski definition) is 3. The lowest BCUT2D eigenvalue weighted by Crippen LogP contribution is -2.28. The Morgan fingerprint density at radius 1 is 0.839 bits per heavy atom. The van der Waals surface area contributed by atoms with Gasteiger partial charge in [0.1, 0.15) is 0 Å². The van der Waals surface area contributed by atoms with Crippen molar-refractivity contribution in [1.82, 2.24) is 5.32 Å². The van der Waals surface area contributed by atoms with E-state index in [0.717, 1.165) is 17.7 Å². The molecule has 3 amide bonds. The molecule has 0 heterocycles. The van der Waals surface area contributed by atoms with Crippen molar-refractivity contribution in [2.75, 3.05) is 36.2 Å². The predicted octanol–water partition coefficient (Wildman–Crippen LogP) is 4.68. The van der Waals surface area contributed by atoms with Crippen molar-refractivity contribution in [3.8, 4) is 0 Å². The lowest BCUT2D eigenvalue weighted by molar-refractivity contribution is 0.0954. The molecule has 3 rings (SSSR count). The third-order valence-electron chi connectivity index (χ3n) is 4.83. The van der Waals surface area contributed by atoms with E-state index in [1.54, 1.807) is 12.1 Å². The fourth-order valence-electron chi connectivity index (χ4n) is 3.18. The third kappa shape index (κ3) is 6.34. The van der Waals surface area contributed by atoms with Crippen LogP contribution in [0.15, 0.2) is 72.8 Å². The Morgan fingerprint density at radius 3 is 2.16 bits per heavy atom. The van der Waals surface area contributed by atoms with Crippen LogP contribution >= 0.6 is 0 Å². The summed E-state index contributed by atoms with van der Waals surface area (Å²) < 4.78 is 0. The minimum atomic E-state index is -0.364. The van der Waals surface area contributed by atoms with Crippen LogP contribution in [0, 0.1) is 6.92 Å². The van der Waals surface area contributed by atoms with Gasteiger partial charge in [-0.15, -0.1) is 0 Å². The minimum Gasteiger partial charge on any atom is -0.377 e. The highest BCUT2D eigenvalue weighted by Crippen LogP contribution is 2.23. The standard InChI is InChI=1S/C25H28N4O2/c1-18-9-11-20(12-10-18)27-25(31)28-21-13-14-23(29(2)3)22(17-21)24(30)26-16-15-19-7-5-4-6-8-19/h4-14,17H,15-16H2,1-3H3,(H,26,30)(H2,27,28,31). The average Bonchev–Trinajstić information content (AvgIpc) is 2.76. The summed E-state index contributed by atoms with van der Waals surface area (Å²) in [6.07, 6.45) is 0.751. The predicted molar refractivity (Wildman–Crippen MR) is 127 cm³/mol. The highest BCUT2D eigenvalue weighted by atomic mass is 16.2. The zero-order chi connectivity index (χ0) is 22.2. The molecular weight excluding hydrogens is 388 g/mol. The highest BCUT2D eigenvalue weighted by Gasteiger charge is 2.15. The van der Waals surface area contributed by atoms with Crippen molar-refractivity contribution in [1.29, 1.82) is 0 Å². The van der Waals surface area contributed by atoms with Gasteiger partial charge in [0.15, 0.2) is 0 Å². The lowest BCUT2D eigenvalue weighted by atomic mass is 10.1. The van der Waals surface area contributed by atoms with Crippen LogP contribution in [0.5, 0.6) is 0 Å². The topological polar surface area (TPSA) is 73.5 Å². The van der Waals surface area contributed by atoms with E-state index in [-0.39, 0.29) is 11.9 Å². The van der Waals surface area contributed by atoms with E-state index in [2.05, 4.69) is 16.0 Å². The Kier molecular flexibility index (Phi) is 7.27. The summed E-state index contributed by atoms with van der Waals surface area (Å²) in [7, 11) is 3.76. The van der Waals surface area contributed by atoms with E-state index in [0.29, 0.717) is 23.5 Å². The summed E-state index contributed by atoms with van der Waals surface area (Å²) in [6.45, 7) is 2.52. The summed E-state index contributed by atoms with van der Waals surface area (Å²) >= 11 is 0. The zero-order valence-electron chi connectivity index (χ0n) is 18.1. The Labute approximate surface area is 183 Å². The Balaban J connectivity index is 1.67. The maximum atomic E-state index is 12.9. The molecule has 6 heteroatoms. The number of benzene rings is 3. The quantitative estimate of drug-likeness (QED) is 0.524. The van der Waals surface area contributed by atoms with Gasteiger partial charge in [-0.1, -0.05) is 48.0 Å². The maximum Gasteiger partial charge on any atom is 0.323 e. The van der Waals surface area contributed by atoms with Crippen LogP contribution in [0.25, 0.3) is 0 Å². The van der Waals surface area contributed by atoms with Gasteiger partial charge in [0, 0.05) is 37.7 Å². The molecule has 160 valence electrons. The van der Waals surface area contributed by atoms with Crippen LogP contribution in [0.1, 0.15) is 21.5 Å². The molecule has 0 aliphatic rings. The largest absolute Gasteiger partial charge is 0.377 e. The number of carbonyl (C=O) groups is 2. The minimum absolute atomic E-state index is 0.178. The summed E-state index contributed by atoms with van der Waals surface area (Å²) in [6, 6.07) is 22.5. The Morgan fingerprint density at radius 2 is 1.48 bits per heavy atom. The van der Waals surface area contributed by atoms with E-state index in [4.69, 9.17) is 0 Å². The number of anilines is 3. The number of nitrogens with one attached hydrogen (secondary N) is 3. The molecule has 3 N–H and O–H groups in total. The highest BCUT2D eigenvalue weighted by molar-refractivity contribution is 6.03. The van der Waals surface area contributed by atoms with Gasteiger partial charge in [-0.25, -0.2) is 4.79 Å². The van der Waals surface area contributed by atoms with Gasteiger partial charge in [0.2, 0.25) is 0 Å². The Hall–Kier alpha value is -3.80. The van der Waals surface area contributed by atoms with Crippen LogP contribution in [0.4, 0.5) is 21.9 Å². The molecule has 0 saturated heterocycles. The average molecular weight is 417 g/mol. The number of aryl methyl sites for hydroxylation is 1. The molecule has 0 atom stereocenters. The second kappa shape index (κ2) is 10.3. The van der Waals surface area contributed by atoms with E-state index in [9.17, 15) is 9.59 Å². The van der Waals surface area contributed by atoms with E-state index < -0.39 is 0 Å². The van der Waals surface area contributed by atoms with Crippen molar-refractivity contribution in [2.45, 2.75) is 13.3 Å². The van der Waals surface area contributed by atoms with E-state index in [1.165, 1.54) is 5.56 Å². The number of amides is 3. The maximum absolute atomic E-state index is 12.9. The van der Waals surface area contributed by atoms with Gasteiger partial charge in [-0.2, -0.15) is 0 Å². The Bertz CT molecular complexity index is 1030. The third-order valence-corrected chi connectivity index (χ3v) is 4.83. The fourth-order valence-corrected chi connectivity index (χ4v) is 3.18. The second-order valence-corrected chi connectivity index (χ2v) is 7.56. The summed E-state index contributed by atoms with van der Waals surface area (Å²) in [5.41, 5.74) is 4.81. The van der Waals surface area contributed by atoms with Crippen molar-refractivity contribution in [3.63, 3.8) is 0 Å². The fraction of sp³-hybridized carbons (Fsp3) is 0.200. The summed E-state index contributed by atoms with van der Waals surface area (Å²) in [5.74, 6) is -0.178. The number of rotatable bonds is 7. The molecule has 0 aliphatic heterocycles. The normalized spacial score (nSPS) is 10.3. The van der Waals surface area contributed by atoms with Crippen molar-refractivity contribution in [3.05, 3.63) is 89.5 Å². The molecule has 0 spiro atoms. The lowest BCUT2D eigenvalue weighted by Gasteiger charge is -2.18. The van der Waals surface area contributed by atoms with Crippen molar-refractivity contribution < 1.29 is 9.59 Å². The van der Waals surface area contributed by atoms with Gasteiger partial charge in [0.05, 0.1) is 5.56 Å². The second-order valence-electron chi connectivity index (χ2n) is 7.56. The van der Waals surface area contributed by atoms with E-state index in [1.807, 2.05) is 86.6 Å². The molecule has 0 saturated carbocycles. The van der Waals surface area contributed by atoms with Gasteiger partial charge in [0.25, 0.3) is 5.91 Å². The number of carbonyl (C=O) groups excluding carboxylic acids is 2. The first-order valence-electron chi connectivity index (χ1n) is 10.2. The van der Waals surface area contributed by atoms with Crippen LogP contribution in [-0.4, -0.2) is 32.6 Å². The molecule has 3 aromatic rings. The molecule has 0 aliphatic carbocycles. The van der Waals surface area contributed by atoms with Gasteiger partial charge in [-0.3, -0.25) is 4.79 Å². The van der Waals surface area contributed by atoms with Crippen LogP contribution < -0.4 is 20.9 Å². The molecule has 0 aromatic heterocycles. The zero-order valence-corrected chi connectivity index (χ0v) is 18.1. The van der Waals surface area contributed by atoms with Crippen LogP contribution in [0.2, 0.25) is 0 Å². The molecule has 31 heavy (non-hydrogen) atoms. The summed E-state index contributed by atoms with van der Waals surface area (Å²) in [4.78, 5) is 27.1.